The Hall–Kier alpha value is -3.41. The van der Waals surface area contributed by atoms with E-state index >= 15 is 0 Å². The third-order valence-corrected chi connectivity index (χ3v) is 3.74. The summed E-state index contributed by atoms with van der Waals surface area (Å²) in [6, 6.07) is 19.4. The van der Waals surface area contributed by atoms with Gasteiger partial charge < -0.3 is 16.0 Å². The molecule has 0 fully saturated rings. The van der Waals surface area contributed by atoms with Crippen molar-refractivity contribution in [1.82, 2.24) is 9.97 Å². The van der Waals surface area contributed by atoms with E-state index in [0.717, 1.165) is 22.6 Å². The predicted molar refractivity (Wildman–Crippen MR) is 115 cm³/mol. The van der Waals surface area contributed by atoms with Gasteiger partial charge in [0.2, 0.25) is 11.9 Å². The van der Waals surface area contributed by atoms with Crippen molar-refractivity contribution in [1.29, 1.82) is 0 Å². The molecular formula is C22H25N5O. The van der Waals surface area contributed by atoms with Crippen LogP contribution in [-0.2, 0) is 4.79 Å². The average Bonchev–Trinajstić information content (AvgIpc) is 2.60. The minimum absolute atomic E-state index is 0.109. The molecule has 3 rings (SSSR count). The summed E-state index contributed by atoms with van der Waals surface area (Å²) in [5, 5.41) is 9.43. The maximum atomic E-state index is 11.3. The highest BCUT2D eigenvalue weighted by atomic mass is 16.1. The van der Waals surface area contributed by atoms with E-state index in [1.807, 2.05) is 60.7 Å². The molecule has 1 aromatic heterocycles. The summed E-state index contributed by atoms with van der Waals surface area (Å²) >= 11 is 0. The van der Waals surface area contributed by atoms with E-state index in [0.29, 0.717) is 11.8 Å². The lowest BCUT2D eigenvalue weighted by molar-refractivity contribution is -0.114. The van der Waals surface area contributed by atoms with E-state index in [1.54, 1.807) is 0 Å². The summed E-state index contributed by atoms with van der Waals surface area (Å²) in [5.74, 6) is 1.11. The lowest BCUT2D eigenvalue weighted by Gasteiger charge is -2.21. The Labute approximate surface area is 165 Å². The van der Waals surface area contributed by atoms with Gasteiger partial charge in [-0.3, -0.25) is 4.79 Å². The van der Waals surface area contributed by atoms with Crippen molar-refractivity contribution in [2.45, 2.75) is 33.2 Å². The zero-order chi connectivity index (χ0) is 20.1. The number of carbonyl (C=O) groups is 1. The number of hydrogen-bond donors (Lipinski definition) is 3. The van der Waals surface area contributed by atoms with Crippen LogP contribution >= 0.6 is 0 Å². The van der Waals surface area contributed by atoms with Gasteiger partial charge in [0.15, 0.2) is 0 Å². The van der Waals surface area contributed by atoms with Crippen LogP contribution in [0.5, 0.6) is 0 Å². The second-order valence-corrected chi connectivity index (χ2v) is 7.59. The highest BCUT2D eigenvalue weighted by Gasteiger charge is 2.14. The van der Waals surface area contributed by atoms with Gasteiger partial charge in [-0.1, -0.05) is 36.4 Å². The smallest absolute Gasteiger partial charge is 0.225 e. The molecule has 0 saturated carbocycles. The van der Waals surface area contributed by atoms with Crippen LogP contribution in [0.1, 0.15) is 27.7 Å². The standard InChI is InChI=1S/C22H25N5O/c1-15(28)23-17-11-8-12-18(13-17)24-20-14-19(16-9-6-5-7-10-16)25-21(26-20)27-22(2,3)4/h5-14H,1-4H3,(H,23,28)(H2,24,25,26,27). The SMILES string of the molecule is CC(=O)Nc1cccc(Nc2cc(-c3ccccc3)nc(NC(C)(C)C)n2)c1. The number of aromatic nitrogens is 2. The molecule has 1 amide bonds. The molecule has 2 aromatic carbocycles. The molecule has 0 bridgehead atoms. The van der Waals surface area contributed by atoms with Gasteiger partial charge in [0.1, 0.15) is 5.82 Å². The molecule has 0 unspecified atom stereocenters. The number of anilines is 4. The third-order valence-electron chi connectivity index (χ3n) is 3.74. The van der Waals surface area contributed by atoms with Crippen LogP contribution in [-0.4, -0.2) is 21.4 Å². The van der Waals surface area contributed by atoms with Gasteiger partial charge in [0.05, 0.1) is 5.69 Å². The fourth-order valence-electron chi connectivity index (χ4n) is 2.69. The molecule has 144 valence electrons. The summed E-state index contributed by atoms with van der Waals surface area (Å²) in [6.07, 6.45) is 0. The lowest BCUT2D eigenvalue weighted by atomic mass is 10.1. The number of carbonyl (C=O) groups excluding carboxylic acids is 1. The van der Waals surface area contributed by atoms with E-state index in [1.165, 1.54) is 6.92 Å². The first-order chi connectivity index (χ1) is 13.3. The quantitative estimate of drug-likeness (QED) is 0.581. The van der Waals surface area contributed by atoms with E-state index < -0.39 is 0 Å². The second kappa shape index (κ2) is 8.08. The van der Waals surface area contributed by atoms with Crippen molar-refractivity contribution < 1.29 is 4.79 Å². The van der Waals surface area contributed by atoms with Gasteiger partial charge in [-0.2, -0.15) is 4.98 Å². The molecule has 6 nitrogen and oxygen atoms in total. The number of hydrogen-bond acceptors (Lipinski definition) is 5. The van der Waals surface area contributed by atoms with Crippen molar-refractivity contribution in [3.8, 4) is 11.3 Å². The molecule has 3 N–H and O–H groups in total. The molecule has 0 aliphatic heterocycles. The zero-order valence-electron chi connectivity index (χ0n) is 16.6. The molecule has 0 atom stereocenters. The molecule has 28 heavy (non-hydrogen) atoms. The largest absolute Gasteiger partial charge is 0.350 e. The monoisotopic (exact) mass is 375 g/mol. The number of nitrogens with one attached hydrogen (secondary N) is 3. The topological polar surface area (TPSA) is 78.9 Å². The number of nitrogens with zero attached hydrogens (tertiary/aromatic N) is 2. The summed E-state index contributed by atoms with van der Waals surface area (Å²) in [6.45, 7) is 7.68. The van der Waals surface area contributed by atoms with Crippen LogP contribution in [0.25, 0.3) is 11.3 Å². The van der Waals surface area contributed by atoms with Crippen molar-refractivity contribution in [3.63, 3.8) is 0 Å². The van der Waals surface area contributed by atoms with Crippen molar-refractivity contribution in [2.75, 3.05) is 16.0 Å². The fourth-order valence-corrected chi connectivity index (χ4v) is 2.69. The van der Waals surface area contributed by atoms with Crippen LogP contribution in [0.15, 0.2) is 60.7 Å². The Balaban J connectivity index is 1.95. The Bertz CT molecular complexity index is 964. The summed E-state index contributed by atoms with van der Waals surface area (Å²) < 4.78 is 0. The molecule has 1 heterocycles. The van der Waals surface area contributed by atoms with Crippen molar-refractivity contribution in [2.24, 2.45) is 0 Å². The normalized spacial score (nSPS) is 11.0. The van der Waals surface area contributed by atoms with Crippen LogP contribution < -0.4 is 16.0 Å². The Morgan fingerprint density at radius 2 is 1.61 bits per heavy atom. The highest BCUT2D eigenvalue weighted by molar-refractivity contribution is 5.89. The van der Waals surface area contributed by atoms with Crippen LogP contribution in [0.3, 0.4) is 0 Å². The van der Waals surface area contributed by atoms with Crippen LogP contribution in [0.4, 0.5) is 23.1 Å². The van der Waals surface area contributed by atoms with E-state index in [4.69, 9.17) is 0 Å². The molecule has 0 saturated heterocycles. The Kier molecular flexibility index (Phi) is 5.59. The van der Waals surface area contributed by atoms with Crippen LogP contribution in [0.2, 0.25) is 0 Å². The molecule has 0 aliphatic carbocycles. The van der Waals surface area contributed by atoms with Gasteiger partial charge >= 0.3 is 0 Å². The predicted octanol–water partition coefficient (Wildman–Crippen LogP) is 5.06. The Morgan fingerprint density at radius 1 is 0.893 bits per heavy atom. The minimum Gasteiger partial charge on any atom is -0.350 e. The maximum Gasteiger partial charge on any atom is 0.225 e. The number of rotatable bonds is 5. The Morgan fingerprint density at radius 3 is 2.29 bits per heavy atom. The molecule has 3 aromatic rings. The third kappa shape index (κ3) is 5.54. The summed E-state index contributed by atoms with van der Waals surface area (Å²) in [7, 11) is 0. The first-order valence-corrected chi connectivity index (χ1v) is 9.16. The lowest BCUT2D eigenvalue weighted by Crippen LogP contribution is -2.27. The maximum absolute atomic E-state index is 11.3. The van der Waals surface area contributed by atoms with E-state index in [2.05, 4.69) is 46.7 Å². The van der Waals surface area contributed by atoms with Crippen LogP contribution in [0, 0.1) is 0 Å². The summed E-state index contributed by atoms with van der Waals surface area (Å²) in [5.41, 5.74) is 3.21. The molecule has 0 aliphatic rings. The van der Waals surface area contributed by atoms with E-state index in [-0.39, 0.29) is 11.4 Å². The highest BCUT2D eigenvalue weighted by Crippen LogP contribution is 2.25. The first kappa shape index (κ1) is 19.4. The number of amides is 1. The fraction of sp³-hybridized carbons (Fsp3) is 0.227. The molecule has 0 spiro atoms. The van der Waals surface area contributed by atoms with Gasteiger partial charge in [-0.25, -0.2) is 4.98 Å². The van der Waals surface area contributed by atoms with Gasteiger partial charge in [0, 0.05) is 35.5 Å². The zero-order valence-corrected chi connectivity index (χ0v) is 16.6. The van der Waals surface area contributed by atoms with E-state index in [9.17, 15) is 4.79 Å². The molecule has 0 radical (unpaired) electrons. The van der Waals surface area contributed by atoms with Gasteiger partial charge in [-0.15, -0.1) is 0 Å². The average molecular weight is 375 g/mol. The second-order valence-electron chi connectivity index (χ2n) is 7.59. The molecule has 6 heteroatoms. The molecular weight excluding hydrogens is 350 g/mol. The minimum atomic E-state index is -0.169. The van der Waals surface area contributed by atoms with Crippen molar-refractivity contribution >= 4 is 29.0 Å². The van der Waals surface area contributed by atoms with Gasteiger partial charge in [0.25, 0.3) is 0 Å². The van der Waals surface area contributed by atoms with Crippen molar-refractivity contribution in [3.05, 3.63) is 60.7 Å². The first-order valence-electron chi connectivity index (χ1n) is 9.16. The van der Waals surface area contributed by atoms with Gasteiger partial charge in [-0.05, 0) is 39.0 Å². The number of benzene rings is 2. The summed E-state index contributed by atoms with van der Waals surface area (Å²) in [4.78, 5) is 20.6.